The van der Waals surface area contributed by atoms with Gasteiger partial charge in [0.2, 0.25) is 0 Å². The lowest BCUT2D eigenvalue weighted by atomic mass is 10.3. The van der Waals surface area contributed by atoms with E-state index in [2.05, 4.69) is 15.2 Å². The van der Waals surface area contributed by atoms with Crippen molar-refractivity contribution in [2.75, 3.05) is 7.11 Å². The summed E-state index contributed by atoms with van der Waals surface area (Å²) in [7, 11) is 1.52. The van der Waals surface area contributed by atoms with Gasteiger partial charge in [0.15, 0.2) is 5.82 Å². The first-order valence-electron chi connectivity index (χ1n) is 4.59. The molecule has 0 bridgehead atoms. The molecule has 1 heterocycles. The summed E-state index contributed by atoms with van der Waals surface area (Å²) in [6, 6.07) is 5.25. The number of ether oxygens (including phenoxy) is 1. The molecule has 16 heavy (non-hydrogen) atoms. The van der Waals surface area contributed by atoms with Crippen molar-refractivity contribution in [1.82, 2.24) is 15.2 Å². The Morgan fingerprint density at radius 1 is 1.44 bits per heavy atom. The fourth-order valence-electron chi connectivity index (χ4n) is 1.34. The standard InChI is InChI=1S/C10H9N3O3/c1-16-7-4-2-3-6-10(7)11-8(13-12-6)5-9(14)15/h2-4H,5H2,1H3,(H,14,15). The molecule has 1 N–H and O–H groups in total. The van der Waals surface area contributed by atoms with Crippen molar-refractivity contribution >= 4 is 17.0 Å². The molecule has 0 unspecified atom stereocenters. The van der Waals surface area contributed by atoms with Gasteiger partial charge in [0.25, 0.3) is 0 Å². The Balaban J connectivity index is 2.54. The van der Waals surface area contributed by atoms with Crippen LogP contribution in [0.1, 0.15) is 5.82 Å². The summed E-state index contributed by atoms with van der Waals surface area (Å²) in [5.41, 5.74) is 1.10. The first-order valence-corrected chi connectivity index (χ1v) is 4.59. The third kappa shape index (κ3) is 1.90. The van der Waals surface area contributed by atoms with Crippen LogP contribution in [-0.4, -0.2) is 33.4 Å². The Morgan fingerprint density at radius 3 is 2.94 bits per heavy atom. The predicted octanol–water partition coefficient (Wildman–Crippen LogP) is 0.660. The van der Waals surface area contributed by atoms with Crippen molar-refractivity contribution in [2.24, 2.45) is 0 Å². The molecule has 82 valence electrons. The van der Waals surface area contributed by atoms with E-state index in [4.69, 9.17) is 9.84 Å². The van der Waals surface area contributed by atoms with E-state index in [-0.39, 0.29) is 12.2 Å². The van der Waals surface area contributed by atoms with Crippen LogP contribution in [0.2, 0.25) is 0 Å². The van der Waals surface area contributed by atoms with Crippen molar-refractivity contribution in [2.45, 2.75) is 6.42 Å². The smallest absolute Gasteiger partial charge is 0.311 e. The molecule has 0 aliphatic carbocycles. The summed E-state index contributed by atoms with van der Waals surface area (Å²) in [6.07, 6.45) is -0.249. The zero-order valence-corrected chi connectivity index (χ0v) is 8.54. The van der Waals surface area contributed by atoms with Gasteiger partial charge in [-0.2, -0.15) is 0 Å². The van der Waals surface area contributed by atoms with Crippen molar-refractivity contribution in [3.63, 3.8) is 0 Å². The molecular formula is C10H9N3O3. The number of methoxy groups -OCH3 is 1. The van der Waals surface area contributed by atoms with E-state index in [9.17, 15) is 4.79 Å². The third-order valence-corrected chi connectivity index (χ3v) is 2.02. The molecule has 0 spiro atoms. The number of para-hydroxylation sites is 1. The number of aromatic nitrogens is 3. The van der Waals surface area contributed by atoms with Crippen LogP contribution < -0.4 is 4.74 Å². The van der Waals surface area contributed by atoms with E-state index in [1.165, 1.54) is 7.11 Å². The molecule has 1 aromatic heterocycles. The molecular weight excluding hydrogens is 210 g/mol. The molecule has 2 aromatic rings. The monoisotopic (exact) mass is 219 g/mol. The quantitative estimate of drug-likeness (QED) is 0.816. The molecule has 0 aliphatic rings. The van der Waals surface area contributed by atoms with Crippen molar-refractivity contribution in [1.29, 1.82) is 0 Å². The maximum atomic E-state index is 10.5. The van der Waals surface area contributed by atoms with Crippen LogP contribution in [0.3, 0.4) is 0 Å². The molecule has 0 saturated heterocycles. The van der Waals surface area contributed by atoms with E-state index in [0.29, 0.717) is 16.8 Å². The molecule has 0 aliphatic heterocycles. The van der Waals surface area contributed by atoms with Gasteiger partial charge < -0.3 is 9.84 Å². The molecule has 0 fully saturated rings. The zero-order valence-electron chi connectivity index (χ0n) is 8.54. The number of hydrogen-bond donors (Lipinski definition) is 1. The van der Waals surface area contributed by atoms with Gasteiger partial charge in [0.05, 0.1) is 7.11 Å². The first kappa shape index (κ1) is 10.3. The Kier molecular flexibility index (Phi) is 2.63. The molecule has 0 amide bonds. The average molecular weight is 219 g/mol. The topological polar surface area (TPSA) is 85.2 Å². The molecule has 0 radical (unpaired) electrons. The van der Waals surface area contributed by atoms with Gasteiger partial charge in [-0.15, -0.1) is 10.2 Å². The van der Waals surface area contributed by atoms with Gasteiger partial charge in [-0.05, 0) is 12.1 Å². The van der Waals surface area contributed by atoms with Gasteiger partial charge in [-0.25, -0.2) is 4.98 Å². The highest BCUT2D eigenvalue weighted by Crippen LogP contribution is 2.20. The summed E-state index contributed by atoms with van der Waals surface area (Å²) in [5.74, 6) is -0.264. The maximum absolute atomic E-state index is 10.5. The van der Waals surface area contributed by atoms with Crippen LogP contribution in [0.5, 0.6) is 5.75 Å². The number of hydrogen-bond acceptors (Lipinski definition) is 5. The minimum absolute atomic E-state index is 0.171. The number of carbonyl (C=O) groups is 1. The second-order valence-electron chi connectivity index (χ2n) is 3.13. The van der Waals surface area contributed by atoms with Gasteiger partial charge in [0, 0.05) is 0 Å². The summed E-state index contributed by atoms with van der Waals surface area (Å²) in [5, 5.41) is 16.2. The lowest BCUT2D eigenvalue weighted by Gasteiger charge is -2.03. The summed E-state index contributed by atoms with van der Waals surface area (Å²) < 4.78 is 5.11. The third-order valence-electron chi connectivity index (χ3n) is 2.02. The number of nitrogens with zero attached hydrogens (tertiary/aromatic N) is 3. The van der Waals surface area contributed by atoms with Crippen LogP contribution in [0.4, 0.5) is 0 Å². The zero-order chi connectivity index (χ0) is 11.5. The number of carboxylic acid groups (broad SMARTS) is 1. The van der Waals surface area contributed by atoms with Crippen LogP contribution in [0.15, 0.2) is 18.2 Å². The van der Waals surface area contributed by atoms with E-state index < -0.39 is 5.97 Å². The van der Waals surface area contributed by atoms with Crippen LogP contribution in [-0.2, 0) is 11.2 Å². The SMILES string of the molecule is COc1cccc2nnc(CC(=O)O)nc12. The van der Waals surface area contributed by atoms with Crippen molar-refractivity contribution < 1.29 is 14.6 Å². The second kappa shape index (κ2) is 4.09. The van der Waals surface area contributed by atoms with Gasteiger partial charge in [0.1, 0.15) is 23.2 Å². The minimum atomic E-state index is -0.990. The number of carboxylic acids is 1. The fraction of sp³-hybridized carbons (Fsp3) is 0.200. The van der Waals surface area contributed by atoms with Gasteiger partial charge in [-0.1, -0.05) is 6.07 Å². The Hall–Kier alpha value is -2.24. The summed E-state index contributed by atoms with van der Waals surface area (Å²) >= 11 is 0. The molecule has 1 aromatic carbocycles. The number of rotatable bonds is 3. The summed E-state index contributed by atoms with van der Waals surface area (Å²) in [4.78, 5) is 14.6. The fourth-order valence-corrected chi connectivity index (χ4v) is 1.34. The Morgan fingerprint density at radius 2 is 2.25 bits per heavy atom. The highest BCUT2D eigenvalue weighted by Gasteiger charge is 2.09. The Bertz CT molecular complexity index is 542. The molecule has 2 rings (SSSR count). The first-order chi connectivity index (χ1) is 7.70. The van der Waals surface area contributed by atoms with Crippen LogP contribution in [0.25, 0.3) is 11.0 Å². The normalized spacial score (nSPS) is 10.3. The number of fused-ring (bicyclic) bond motifs is 1. The van der Waals surface area contributed by atoms with Crippen molar-refractivity contribution in [3.8, 4) is 5.75 Å². The number of benzene rings is 1. The van der Waals surface area contributed by atoms with Crippen molar-refractivity contribution in [3.05, 3.63) is 24.0 Å². The predicted molar refractivity (Wildman–Crippen MR) is 55.2 cm³/mol. The van der Waals surface area contributed by atoms with Gasteiger partial charge >= 0.3 is 5.97 Å². The van der Waals surface area contributed by atoms with E-state index >= 15 is 0 Å². The van der Waals surface area contributed by atoms with E-state index in [1.54, 1.807) is 18.2 Å². The summed E-state index contributed by atoms with van der Waals surface area (Å²) in [6.45, 7) is 0. The highest BCUT2D eigenvalue weighted by atomic mass is 16.5. The molecule has 6 nitrogen and oxygen atoms in total. The highest BCUT2D eigenvalue weighted by molar-refractivity contribution is 5.80. The second-order valence-corrected chi connectivity index (χ2v) is 3.13. The maximum Gasteiger partial charge on any atom is 0.311 e. The molecule has 0 atom stereocenters. The number of aliphatic carboxylic acids is 1. The largest absolute Gasteiger partial charge is 0.494 e. The molecule has 0 saturated carbocycles. The van der Waals surface area contributed by atoms with E-state index in [0.717, 1.165) is 0 Å². The average Bonchev–Trinajstić information content (AvgIpc) is 2.27. The molecule has 6 heteroatoms. The van der Waals surface area contributed by atoms with Crippen LogP contribution in [0, 0.1) is 0 Å². The minimum Gasteiger partial charge on any atom is -0.494 e. The van der Waals surface area contributed by atoms with Gasteiger partial charge in [-0.3, -0.25) is 4.79 Å². The lowest BCUT2D eigenvalue weighted by Crippen LogP contribution is -2.06. The lowest BCUT2D eigenvalue weighted by molar-refractivity contribution is -0.136. The Labute approximate surface area is 90.9 Å². The van der Waals surface area contributed by atoms with E-state index in [1.807, 2.05) is 0 Å². The van der Waals surface area contributed by atoms with Crippen LogP contribution >= 0.6 is 0 Å².